The van der Waals surface area contributed by atoms with E-state index in [1.165, 1.54) is 0 Å². The van der Waals surface area contributed by atoms with E-state index in [9.17, 15) is 5.11 Å². The van der Waals surface area contributed by atoms with Gasteiger partial charge in [0, 0.05) is 13.1 Å². The van der Waals surface area contributed by atoms with Gasteiger partial charge in [0.2, 0.25) is 0 Å². The molecule has 3 nitrogen and oxygen atoms in total. The molecule has 1 aliphatic heterocycles. The van der Waals surface area contributed by atoms with Crippen LogP contribution in [0.15, 0.2) is 0 Å². The zero-order valence-electron chi connectivity index (χ0n) is 9.92. The monoisotopic (exact) mass is 211 g/mol. The van der Waals surface area contributed by atoms with Crippen molar-refractivity contribution in [1.29, 1.82) is 0 Å². The second kappa shape index (κ2) is 5.50. The van der Waals surface area contributed by atoms with E-state index in [0.717, 1.165) is 32.8 Å². The van der Waals surface area contributed by atoms with Crippen LogP contribution in [0.5, 0.6) is 0 Å². The van der Waals surface area contributed by atoms with Crippen LogP contribution in [0.25, 0.3) is 0 Å². The molecular formula is C12H21NO2. The summed E-state index contributed by atoms with van der Waals surface area (Å²) >= 11 is 0. The van der Waals surface area contributed by atoms with E-state index in [2.05, 4.69) is 16.7 Å². The first kappa shape index (κ1) is 12.5. The molecule has 0 aliphatic carbocycles. The minimum absolute atomic E-state index is 0.162. The first-order chi connectivity index (χ1) is 7.02. The van der Waals surface area contributed by atoms with Crippen LogP contribution in [0.4, 0.5) is 0 Å². The molecule has 0 amide bonds. The maximum atomic E-state index is 9.90. The van der Waals surface area contributed by atoms with Gasteiger partial charge in [0.1, 0.15) is 5.60 Å². The Hall–Kier alpha value is -0.560. The Labute approximate surface area is 92.4 Å². The highest BCUT2D eigenvalue weighted by Gasteiger charge is 2.21. The summed E-state index contributed by atoms with van der Waals surface area (Å²) in [4.78, 5) is 2.24. The molecular weight excluding hydrogens is 190 g/mol. The Balaban J connectivity index is 2.37. The molecule has 86 valence electrons. The van der Waals surface area contributed by atoms with Gasteiger partial charge in [-0.05, 0) is 12.8 Å². The minimum Gasteiger partial charge on any atom is -0.379 e. The molecule has 1 saturated heterocycles. The van der Waals surface area contributed by atoms with Crippen molar-refractivity contribution in [3.63, 3.8) is 0 Å². The van der Waals surface area contributed by atoms with E-state index in [1.54, 1.807) is 6.92 Å². The molecule has 1 rings (SSSR count). The minimum atomic E-state index is -0.869. The van der Waals surface area contributed by atoms with Gasteiger partial charge in [0.15, 0.2) is 0 Å². The van der Waals surface area contributed by atoms with Crippen LogP contribution in [-0.4, -0.2) is 48.5 Å². The van der Waals surface area contributed by atoms with Gasteiger partial charge >= 0.3 is 0 Å². The number of morpholine rings is 1. The third-order valence-electron chi connectivity index (χ3n) is 2.87. The molecule has 0 radical (unpaired) electrons. The molecule has 0 aromatic rings. The van der Waals surface area contributed by atoms with E-state index in [4.69, 9.17) is 4.74 Å². The Morgan fingerprint density at radius 2 is 2.00 bits per heavy atom. The van der Waals surface area contributed by atoms with Gasteiger partial charge in [-0.1, -0.05) is 25.7 Å². The largest absolute Gasteiger partial charge is 0.379 e. The van der Waals surface area contributed by atoms with Crippen molar-refractivity contribution < 1.29 is 9.84 Å². The first-order valence-corrected chi connectivity index (χ1v) is 5.55. The lowest BCUT2D eigenvalue weighted by Crippen LogP contribution is -2.36. The SMILES string of the molecule is CC(C)[C@@](C)(O)C#CCN1CCOCC1. The standard InChI is InChI=1S/C12H21NO2/c1-11(2)12(3,14)5-4-6-13-7-9-15-10-8-13/h11,14H,6-10H2,1-3H3/t12-/m0/s1. The van der Waals surface area contributed by atoms with E-state index in [-0.39, 0.29) is 5.92 Å². The number of ether oxygens (including phenoxy) is 1. The van der Waals surface area contributed by atoms with Crippen LogP contribution < -0.4 is 0 Å². The molecule has 0 aromatic heterocycles. The van der Waals surface area contributed by atoms with E-state index in [1.807, 2.05) is 13.8 Å². The van der Waals surface area contributed by atoms with E-state index in [0.29, 0.717) is 0 Å². The summed E-state index contributed by atoms with van der Waals surface area (Å²) in [6.45, 7) is 9.92. The third kappa shape index (κ3) is 4.21. The number of rotatable bonds is 2. The van der Waals surface area contributed by atoms with Crippen molar-refractivity contribution in [1.82, 2.24) is 4.90 Å². The summed E-state index contributed by atoms with van der Waals surface area (Å²) in [6.07, 6.45) is 0. The maximum absolute atomic E-state index is 9.90. The average molecular weight is 211 g/mol. The predicted octanol–water partition coefficient (Wildman–Crippen LogP) is 0.729. The fourth-order valence-electron chi connectivity index (χ4n) is 1.23. The summed E-state index contributed by atoms with van der Waals surface area (Å²) < 4.78 is 5.25. The molecule has 1 N–H and O–H groups in total. The zero-order chi connectivity index (χ0) is 11.3. The molecule has 1 heterocycles. The molecule has 3 heteroatoms. The van der Waals surface area contributed by atoms with Gasteiger partial charge in [-0.15, -0.1) is 0 Å². The number of aliphatic hydroxyl groups is 1. The molecule has 0 unspecified atom stereocenters. The highest BCUT2D eigenvalue weighted by molar-refractivity contribution is 5.14. The Bertz CT molecular complexity index is 244. The smallest absolute Gasteiger partial charge is 0.125 e. The van der Waals surface area contributed by atoms with Crippen LogP contribution in [0.1, 0.15) is 20.8 Å². The molecule has 0 bridgehead atoms. The Kier molecular flexibility index (Phi) is 4.59. The molecule has 1 fully saturated rings. The predicted molar refractivity (Wildman–Crippen MR) is 60.5 cm³/mol. The van der Waals surface area contributed by atoms with Gasteiger partial charge < -0.3 is 9.84 Å². The third-order valence-corrected chi connectivity index (χ3v) is 2.87. The van der Waals surface area contributed by atoms with Crippen LogP contribution >= 0.6 is 0 Å². The first-order valence-electron chi connectivity index (χ1n) is 5.55. The lowest BCUT2D eigenvalue weighted by atomic mass is 9.93. The molecule has 1 atom stereocenters. The Morgan fingerprint density at radius 1 is 1.40 bits per heavy atom. The molecule has 0 saturated carbocycles. The van der Waals surface area contributed by atoms with E-state index < -0.39 is 5.60 Å². The van der Waals surface area contributed by atoms with Crippen molar-refractivity contribution in [3.05, 3.63) is 0 Å². The summed E-state index contributed by atoms with van der Waals surface area (Å²) in [5.74, 6) is 6.14. The van der Waals surface area contributed by atoms with Crippen LogP contribution in [0.3, 0.4) is 0 Å². The number of hydrogen-bond acceptors (Lipinski definition) is 3. The van der Waals surface area contributed by atoms with Crippen molar-refractivity contribution in [2.45, 2.75) is 26.4 Å². The molecule has 0 spiro atoms. The number of nitrogens with zero attached hydrogens (tertiary/aromatic N) is 1. The van der Waals surface area contributed by atoms with Crippen molar-refractivity contribution in [2.24, 2.45) is 5.92 Å². The van der Waals surface area contributed by atoms with E-state index >= 15 is 0 Å². The fourth-order valence-corrected chi connectivity index (χ4v) is 1.23. The zero-order valence-corrected chi connectivity index (χ0v) is 9.92. The van der Waals surface area contributed by atoms with Crippen molar-refractivity contribution >= 4 is 0 Å². The molecule has 0 aromatic carbocycles. The maximum Gasteiger partial charge on any atom is 0.125 e. The lowest BCUT2D eigenvalue weighted by molar-refractivity contribution is 0.0440. The van der Waals surface area contributed by atoms with Crippen molar-refractivity contribution in [3.8, 4) is 11.8 Å². The highest BCUT2D eigenvalue weighted by atomic mass is 16.5. The fraction of sp³-hybridized carbons (Fsp3) is 0.833. The molecule has 15 heavy (non-hydrogen) atoms. The lowest BCUT2D eigenvalue weighted by Gasteiger charge is -2.25. The van der Waals surface area contributed by atoms with Gasteiger partial charge in [-0.3, -0.25) is 4.90 Å². The quantitative estimate of drug-likeness (QED) is 0.683. The van der Waals surface area contributed by atoms with Gasteiger partial charge in [0.05, 0.1) is 19.8 Å². The highest BCUT2D eigenvalue weighted by Crippen LogP contribution is 2.13. The second-order valence-electron chi connectivity index (χ2n) is 4.49. The topological polar surface area (TPSA) is 32.7 Å². The summed E-state index contributed by atoms with van der Waals surface area (Å²) in [6, 6.07) is 0. The molecule has 1 aliphatic rings. The summed E-state index contributed by atoms with van der Waals surface area (Å²) in [5.41, 5.74) is -0.869. The number of hydrogen-bond donors (Lipinski definition) is 1. The van der Waals surface area contributed by atoms with Gasteiger partial charge in [-0.25, -0.2) is 0 Å². The van der Waals surface area contributed by atoms with Crippen molar-refractivity contribution in [2.75, 3.05) is 32.8 Å². The summed E-state index contributed by atoms with van der Waals surface area (Å²) in [7, 11) is 0. The normalized spacial score (nSPS) is 21.9. The average Bonchev–Trinajstić information content (AvgIpc) is 2.19. The van der Waals surface area contributed by atoms with Gasteiger partial charge in [0.25, 0.3) is 0 Å². The Morgan fingerprint density at radius 3 is 2.53 bits per heavy atom. The second-order valence-corrected chi connectivity index (χ2v) is 4.49. The van der Waals surface area contributed by atoms with Crippen LogP contribution in [-0.2, 0) is 4.74 Å². The van der Waals surface area contributed by atoms with Crippen LogP contribution in [0, 0.1) is 17.8 Å². The summed E-state index contributed by atoms with van der Waals surface area (Å²) in [5, 5.41) is 9.90. The van der Waals surface area contributed by atoms with Crippen LogP contribution in [0.2, 0.25) is 0 Å². The van der Waals surface area contributed by atoms with Gasteiger partial charge in [-0.2, -0.15) is 0 Å².